The van der Waals surface area contributed by atoms with E-state index in [9.17, 15) is 14.4 Å². The molecule has 1 aromatic heterocycles. The zero-order valence-corrected chi connectivity index (χ0v) is 14.7. The molecule has 0 unspecified atom stereocenters. The summed E-state index contributed by atoms with van der Waals surface area (Å²) < 4.78 is 8.55. The number of morpholine rings is 1. The average molecular weight is 353 g/mol. The Morgan fingerprint density at radius 3 is 2.23 bits per heavy atom. The molecule has 1 aliphatic heterocycles. The largest absolute Gasteiger partial charge is 0.378 e. The van der Waals surface area contributed by atoms with Crippen LogP contribution in [-0.4, -0.2) is 35.7 Å². The molecule has 4 rings (SSSR count). The van der Waals surface area contributed by atoms with Gasteiger partial charge in [0.2, 0.25) is 10.9 Å². The van der Waals surface area contributed by atoms with E-state index >= 15 is 0 Å². The van der Waals surface area contributed by atoms with Crippen molar-refractivity contribution < 1.29 is 4.74 Å². The molecule has 3 aromatic rings. The van der Waals surface area contributed by atoms with E-state index in [0.717, 1.165) is 0 Å². The van der Waals surface area contributed by atoms with E-state index in [0.29, 0.717) is 48.9 Å². The smallest absolute Gasteiger partial charge is 0.279 e. The van der Waals surface area contributed by atoms with Gasteiger partial charge in [0.15, 0.2) is 0 Å². The quantitative estimate of drug-likeness (QED) is 0.644. The lowest BCUT2D eigenvalue weighted by atomic mass is 9.97. The van der Waals surface area contributed by atoms with Crippen molar-refractivity contribution in [3.05, 3.63) is 66.8 Å². The van der Waals surface area contributed by atoms with Crippen molar-refractivity contribution in [2.75, 3.05) is 31.2 Å². The molecule has 26 heavy (non-hydrogen) atoms. The predicted molar refractivity (Wildman–Crippen MR) is 99.1 cm³/mol. The van der Waals surface area contributed by atoms with Crippen molar-refractivity contribution in [3.8, 4) is 16.8 Å². The highest BCUT2D eigenvalue weighted by Crippen LogP contribution is 2.28. The first kappa shape index (κ1) is 16.5. The van der Waals surface area contributed by atoms with Crippen LogP contribution in [0.1, 0.15) is 5.69 Å². The minimum Gasteiger partial charge on any atom is -0.378 e. The van der Waals surface area contributed by atoms with Gasteiger partial charge in [-0.2, -0.15) is 0 Å². The number of anilines is 1. The number of ether oxygens (including phenoxy) is 1. The van der Waals surface area contributed by atoms with Crippen molar-refractivity contribution in [2.24, 2.45) is 7.05 Å². The molecular formula is C19H19N3O4. The number of hydrogen-bond acceptors (Lipinski definition) is 5. The summed E-state index contributed by atoms with van der Waals surface area (Å²) in [7, 11) is 1.77. The molecule has 2 heterocycles. The summed E-state index contributed by atoms with van der Waals surface area (Å²) >= 11 is 0. The van der Waals surface area contributed by atoms with Crippen molar-refractivity contribution in [2.45, 2.75) is 6.92 Å². The standard InChI is InChI=1S/C19H19N3O4/c1-12-14(19(25)22(20(12)2)13-6-4-3-5-7-13)15-16(18(24)17(15)23)21-8-10-26-11-9-21/h3-7H,8-11H2,1-2H3. The molecule has 0 atom stereocenters. The Labute approximate surface area is 149 Å². The maximum Gasteiger partial charge on any atom is 0.279 e. The summed E-state index contributed by atoms with van der Waals surface area (Å²) in [5.41, 5.74) is 0.865. The highest BCUT2D eigenvalue weighted by atomic mass is 16.5. The van der Waals surface area contributed by atoms with Crippen molar-refractivity contribution in [3.63, 3.8) is 0 Å². The van der Waals surface area contributed by atoms with Crippen LogP contribution in [0.4, 0.5) is 5.69 Å². The number of nitrogens with zero attached hydrogens (tertiary/aromatic N) is 3. The molecule has 1 saturated heterocycles. The van der Waals surface area contributed by atoms with Crippen LogP contribution in [0.3, 0.4) is 0 Å². The van der Waals surface area contributed by atoms with E-state index in [1.165, 1.54) is 4.68 Å². The van der Waals surface area contributed by atoms with E-state index in [1.807, 2.05) is 35.2 Å². The average Bonchev–Trinajstić information content (AvgIpc) is 2.89. The van der Waals surface area contributed by atoms with E-state index in [4.69, 9.17) is 4.74 Å². The second-order valence-electron chi connectivity index (χ2n) is 6.42. The van der Waals surface area contributed by atoms with Crippen LogP contribution in [0.2, 0.25) is 0 Å². The maximum absolute atomic E-state index is 13.1. The van der Waals surface area contributed by atoms with Gasteiger partial charge in [0.1, 0.15) is 5.69 Å². The monoisotopic (exact) mass is 353 g/mol. The van der Waals surface area contributed by atoms with Crippen LogP contribution in [0.5, 0.6) is 0 Å². The first-order chi connectivity index (χ1) is 12.5. The molecular weight excluding hydrogens is 334 g/mol. The van der Waals surface area contributed by atoms with Gasteiger partial charge < -0.3 is 9.64 Å². The van der Waals surface area contributed by atoms with Crippen LogP contribution in [0.15, 0.2) is 44.7 Å². The summed E-state index contributed by atoms with van der Waals surface area (Å²) in [6.07, 6.45) is 0. The zero-order chi connectivity index (χ0) is 18.4. The van der Waals surface area contributed by atoms with Crippen molar-refractivity contribution >= 4 is 5.69 Å². The third kappa shape index (κ3) is 2.28. The lowest BCUT2D eigenvalue weighted by molar-refractivity contribution is 0.122. The van der Waals surface area contributed by atoms with Gasteiger partial charge in [-0.3, -0.25) is 19.1 Å². The number of benzene rings is 1. The van der Waals surface area contributed by atoms with Gasteiger partial charge in [-0.25, -0.2) is 4.68 Å². The third-order valence-corrected chi connectivity index (χ3v) is 5.02. The van der Waals surface area contributed by atoms with E-state index in [-0.39, 0.29) is 11.1 Å². The Bertz CT molecular complexity index is 1090. The molecule has 0 bridgehead atoms. The second kappa shape index (κ2) is 6.10. The normalized spacial score (nSPS) is 14.9. The fraction of sp³-hybridized carbons (Fsp3) is 0.316. The molecule has 0 radical (unpaired) electrons. The predicted octanol–water partition coefficient (Wildman–Crippen LogP) is 0.584. The van der Waals surface area contributed by atoms with Crippen molar-refractivity contribution in [1.82, 2.24) is 9.36 Å². The molecule has 134 valence electrons. The second-order valence-corrected chi connectivity index (χ2v) is 6.42. The van der Waals surface area contributed by atoms with Crippen molar-refractivity contribution in [1.29, 1.82) is 0 Å². The molecule has 1 aliphatic rings. The van der Waals surface area contributed by atoms with Gasteiger partial charge in [-0.1, -0.05) is 18.2 Å². The molecule has 0 aliphatic carbocycles. The fourth-order valence-corrected chi connectivity index (χ4v) is 3.56. The van der Waals surface area contributed by atoms with Gasteiger partial charge in [-0.15, -0.1) is 0 Å². The molecule has 0 spiro atoms. The number of para-hydroxylation sites is 1. The molecule has 2 aromatic carbocycles. The molecule has 0 saturated carbocycles. The van der Waals surface area contributed by atoms with Crippen LogP contribution >= 0.6 is 0 Å². The summed E-state index contributed by atoms with van der Waals surface area (Å²) in [5, 5.41) is 0. The van der Waals surface area contributed by atoms with Gasteiger partial charge in [-0.05, 0) is 19.1 Å². The van der Waals surface area contributed by atoms with Gasteiger partial charge >= 0.3 is 0 Å². The number of hydrogen-bond donors (Lipinski definition) is 0. The van der Waals surface area contributed by atoms with Crippen LogP contribution in [0.25, 0.3) is 16.8 Å². The minimum atomic E-state index is -0.586. The summed E-state index contributed by atoms with van der Waals surface area (Å²) in [4.78, 5) is 39.6. The Hall–Kier alpha value is -2.93. The van der Waals surface area contributed by atoms with E-state index < -0.39 is 10.9 Å². The van der Waals surface area contributed by atoms with Gasteiger partial charge in [0.05, 0.1) is 30.0 Å². The number of aromatic nitrogens is 2. The molecule has 7 heteroatoms. The van der Waals surface area contributed by atoms with Crippen LogP contribution < -0.4 is 21.3 Å². The lowest BCUT2D eigenvalue weighted by Gasteiger charge is -2.30. The van der Waals surface area contributed by atoms with E-state index in [1.54, 1.807) is 18.7 Å². The Balaban J connectivity index is 1.91. The summed E-state index contributed by atoms with van der Waals surface area (Å²) in [6.45, 7) is 3.87. The zero-order valence-electron chi connectivity index (χ0n) is 14.7. The molecule has 0 N–H and O–H groups in total. The molecule has 7 nitrogen and oxygen atoms in total. The first-order valence-electron chi connectivity index (χ1n) is 8.52. The highest BCUT2D eigenvalue weighted by molar-refractivity contribution is 5.83. The topological polar surface area (TPSA) is 73.5 Å². The van der Waals surface area contributed by atoms with E-state index in [2.05, 4.69) is 0 Å². The Morgan fingerprint density at radius 1 is 0.923 bits per heavy atom. The third-order valence-electron chi connectivity index (χ3n) is 5.02. The molecule has 0 amide bonds. The SMILES string of the molecule is Cc1c(-c2c(N3CCOCC3)c(=O)c2=O)c(=O)n(-c2ccccc2)n1C. The Morgan fingerprint density at radius 2 is 1.58 bits per heavy atom. The van der Waals surface area contributed by atoms with Crippen LogP contribution in [0, 0.1) is 6.92 Å². The lowest BCUT2D eigenvalue weighted by Crippen LogP contribution is -2.47. The van der Waals surface area contributed by atoms with Gasteiger partial charge in [0.25, 0.3) is 5.56 Å². The first-order valence-corrected chi connectivity index (χ1v) is 8.52. The van der Waals surface area contributed by atoms with Crippen LogP contribution in [-0.2, 0) is 11.8 Å². The number of rotatable bonds is 3. The maximum atomic E-state index is 13.1. The fourth-order valence-electron chi connectivity index (χ4n) is 3.56. The molecule has 1 fully saturated rings. The highest BCUT2D eigenvalue weighted by Gasteiger charge is 2.32. The summed E-state index contributed by atoms with van der Waals surface area (Å²) in [6, 6.07) is 9.23. The minimum absolute atomic E-state index is 0.240. The summed E-state index contributed by atoms with van der Waals surface area (Å²) in [5.74, 6) is 0. The Kier molecular flexibility index (Phi) is 3.88. The van der Waals surface area contributed by atoms with Gasteiger partial charge in [0, 0.05) is 25.8 Å².